The summed E-state index contributed by atoms with van der Waals surface area (Å²) in [5.41, 5.74) is 1.79. The van der Waals surface area contributed by atoms with Crippen LogP contribution in [0.4, 0.5) is 5.69 Å². The Hall–Kier alpha value is -2.59. The zero-order valence-corrected chi connectivity index (χ0v) is 12.4. The summed E-state index contributed by atoms with van der Waals surface area (Å²) < 4.78 is 0. The van der Waals surface area contributed by atoms with Gasteiger partial charge in [-0.1, -0.05) is 48.0 Å². The largest absolute Gasteiger partial charge is 0.376 e. The van der Waals surface area contributed by atoms with Gasteiger partial charge in [0.1, 0.15) is 5.70 Å². The van der Waals surface area contributed by atoms with Gasteiger partial charge in [0.05, 0.1) is 5.69 Å². The fourth-order valence-corrected chi connectivity index (χ4v) is 2.43. The van der Waals surface area contributed by atoms with Crippen LogP contribution in [-0.2, 0) is 16.1 Å². The lowest BCUT2D eigenvalue weighted by molar-refractivity contribution is -0.120. The van der Waals surface area contributed by atoms with E-state index >= 15 is 0 Å². The highest BCUT2D eigenvalue weighted by Gasteiger charge is 2.32. The third-order valence-corrected chi connectivity index (χ3v) is 3.55. The van der Waals surface area contributed by atoms with E-state index in [-0.39, 0.29) is 17.5 Å². The van der Waals surface area contributed by atoms with Gasteiger partial charge in [0, 0.05) is 17.6 Å². The van der Waals surface area contributed by atoms with Gasteiger partial charge in [-0.3, -0.25) is 9.59 Å². The van der Waals surface area contributed by atoms with E-state index in [0.717, 1.165) is 10.5 Å². The van der Waals surface area contributed by atoms with Crippen molar-refractivity contribution in [3.63, 3.8) is 0 Å². The maximum atomic E-state index is 12.4. The number of nitrogens with one attached hydrogen (secondary N) is 1. The molecule has 0 radical (unpaired) electrons. The predicted octanol–water partition coefficient (Wildman–Crippen LogP) is 2.89. The average Bonchev–Trinajstić information content (AvgIpc) is 2.80. The fourth-order valence-electron chi connectivity index (χ4n) is 2.25. The smallest absolute Gasteiger partial charge is 0.281 e. The number of halogens is 1. The van der Waals surface area contributed by atoms with Crippen LogP contribution in [0.5, 0.6) is 0 Å². The average molecular weight is 313 g/mol. The Balaban J connectivity index is 1.74. The molecule has 3 rings (SSSR count). The van der Waals surface area contributed by atoms with Crippen LogP contribution in [-0.4, -0.2) is 11.8 Å². The summed E-state index contributed by atoms with van der Waals surface area (Å²) in [7, 11) is 0. The zero-order chi connectivity index (χ0) is 15.5. The minimum atomic E-state index is -0.372. The molecule has 0 aromatic heterocycles. The van der Waals surface area contributed by atoms with E-state index in [1.807, 2.05) is 30.3 Å². The van der Waals surface area contributed by atoms with E-state index in [2.05, 4.69) is 5.32 Å². The highest BCUT2D eigenvalue weighted by Crippen LogP contribution is 2.24. The Morgan fingerprint density at radius 3 is 2.50 bits per heavy atom. The van der Waals surface area contributed by atoms with Crippen molar-refractivity contribution >= 4 is 29.1 Å². The lowest BCUT2D eigenvalue weighted by Gasteiger charge is -2.15. The molecule has 0 unspecified atom stereocenters. The molecule has 22 heavy (non-hydrogen) atoms. The summed E-state index contributed by atoms with van der Waals surface area (Å²) in [4.78, 5) is 25.6. The number of hydrogen-bond acceptors (Lipinski definition) is 3. The third kappa shape index (κ3) is 2.87. The van der Waals surface area contributed by atoms with Crippen molar-refractivity contribution < 1.29 is 9.59 Å². The predicted molar refractivity (Wildman–Crippen MR) is 85.3 cm³/mol. The number of amides is 2. The van der Waals surface area contributed by atoms with Crippen molar-refractivity contribution in [1.29, 1.82) is 0 Å². The van der Waals surface area contributed by atoms with Crippen molar-refractivity contribution in [2.75, 3.05) is 4.90 Å². The number of nitrogens with zero attached hydrogens (tertiary/aromatic N) is 1. The lowest BCUT2D eigenvalue weighted by Crippen LogP contribution is -2.33. The van der Waals surface area contributed by atoms with E-state index in [4.69, 9.17) is 11.6 Å². The Bertz CT molecular complexity index is 756. The molecule has 110 valence electrons. The maximum Gasteiger partial charge on any atom is 0.281 e. The van der Waals surface area contributed by atoms with Gasteiger partial charge in [0.15, 0.2) is 0 Å². The van der Waals surface area contributed by atoms with Crippen LogP contribution in [0, 0.1) is 0 Å². The molecule has 4 nitrogen and oxygen atoms in total. The van der Waals surface area contributed by atoms with E-state index in [0.29, 0.717) is 17.3 Å². The molecule has 0 saturated carbocycles. The third-order valence-electron chi connectivity index (χ3n) is 3.31. The fraction of sp³-hybridized carbons (Fsp3) is 0.0588. The summed E-state index contributed by atoms with van der Waals surface area (Å²) in [5.74, 6) is -0.744. The topological polar surface area (TPSA) is 49.4 Å². The van der Waals surface area contributed by atoms with Gasteiger partial charge in [-0.2, -0.15) is 0 Å². The molecular formula is C17H13ClN2O2. The second kappa shape index (κ2) is 6.03. The van der Waals surface area contributed by atoms with Crippen LogP contribution in [0.3, 0.4) is 0 Å². The quantitative estimate of drug-likeness (QED) is 0.883. The molecule has 0 atom stereocenters. The van der Waals surface area contributed by atoms with Crippen molar-refractivity contribution in [3.8, 4) is 0 Å². The number of imide groups is 1. The summed E-state index contributed by atoms with van der Waals surface area (Å²) in [6.07, 6.45) is 1.31. The molecule has 0 bridgehead atoms. The zero-order valence-electron chi connectivity index (χ0n) is 11.6. The van der Waals surface area contributed by atoms with Crippen LogP contribution in [0.25, 0.3) is 0 Å². The molecule has 0 fully saturated rings. The van der Waals surface area contributed by atoms with Crippen LogP contribution in [0.15, 0.2) is 66.4 Å². The van der Waals surface area contributed by atoms with Crippen molar-refractivity contribution in [2.45, 2.75) is 6.54 Å². The van der Waals surface area contributed by atoms with Crippen LogP contribution in [0.2, 0.25) is 5.02 Å². The number of carbonyl (C=O) groups is 2. The van der Waals surface area contributed by atoms with Gasteiger partial charge in [-0.05, 0) is 23.8 Å². The van der Waals surface area contributed by atoms with Gasteiger partial charge in [-0.25, -0.2) is 4.90 Å². The van der Waals surface area contributed by atoms with Gasteiger partial charge in [-0.15, -0.1) is 0 Å². The van der Waals surface area contributed by atoms with Crippen molar-refractivity contribution in [3.05, 3.63) is 77.0 Å². The van der Waals surface area contributed by atoms with Crippen LogP contribution >= 0.6 is 11.6 Å². The molecule has 1 aliphatic heterocycles. The summed E-state index contributed by atoms with van der Waals surface area (Å²) in [6.45, 7) is 0.481. The molecule has 0 saturated heterocycles. The monoisotopic (exact) mass is 312 g/mol. The Morgan fingerprint density at radius 2 is 1.77 bits per heavy atom. The minimum absolute atomic E-state index is 0.286. The molecule has 2 aromatic rings. The first-order valence-electron chi connectivity index (χ1n) is 6.78. The lowest BCUT2D eigenvalue weighted by atomic mass is 10.2. The van der Waals surface area contributed by atoms with Crippen LogP contribution in [0.1, 0.15) is 5.56 Å². The number of anilines is 1. The number of benzene rings is 2. The van der Waals surface area contributed by atoms with Crippen molar-refractivity contribution in [1.82, 2.24) is 5.32 Å². The summed E-state index contributed by atoms with van der Waals surface area (Å²) in [6, 6.07) is 16.3. The van der Waals surface area contributed by atoms with Gasteiger partial charge < -0.3 is 5.32 Å². The molecule has 1 heterocycles. The summed E-state index contributed by atoms with van der Waals surface area (Å²) >= 11 is 5.91. The molecular weight excluding hydrogens is 300 g/mol. The molecule has 2 amide bonds. The van der Waals surface area contributed by atoms with Gasteiger partial charge in [0.2, 0.25) is 0 Å². The van der Waals surface area contributed by atoms with Crippen LogP contribution < -0.4 is 10.2 Å². The Labute approximate surface area is 133 Å². The highest BCUT2D eigenvalue weighted by atomic mass is 35.5. The molecule has 0 spiro atoms. The van der Waals surface area contributed by atoms with E-state index < -0.39 is 0 Å². The SMILES string of the molecule is O=C1C=C(NCc2ccccc2)C(=O)N1c1cccc(Cl)c1. The summed E-state index contributed by atoms with van der Waals surface area (Å²) in [5, 5.41) is 3.48. The first-order valence-corrected chi connectivity index (χ1v) is 7.16. The standard InChI is InChI=1S/C17H13ClN2O2/c18-13-7-4-8-14(9-13)20-16(21)10-15(17(20)22)19-11-12-5-2-1-3-6-12/h1-10,19H,11H2. The second-order valence-corrected chi connectivity index (χ2v) is 5.29. The van der Waals surface area contributed by atoms with E-state index in [1.54, 1.807) is 24.3 Å². The first kappa shape index (κ1) is 14.4. The minimum Gasteiger partial charge on any atom is -0.376 e. The molecule has 1 N–H and O–H groups in total. The molecule has 5 heteroatoms. The van der Waals surface area contributed by atoms with Gasteiger partial charge >= 0.3 is 0 Å². The molecule has 0 aliphatic carbocycles. The van der Waals surface area contributed by atoms with Gasteiger partial charge in [0.25, 0.3) is 11.8 Å². The number of rotatable bonds is 4. The molecule has 2 aromatic carbocycles. The number of hydrogen-bond donors (Lipinski definition) is 1. The first-order chi connectivity index (χ1) is 10.6. The highest BCUT2D eigenvalue weighted by molar-refractivity contribution is 6.33. The van der Waals surface area contributed by atoms with Crippen molar-refractivity contribution in [2.24, 2.45) is 0 Å². The Kier molecular flexibility index (Phi) is 3.94. The Morgan fingerprint density at radius 1 is 1.00 bits per heavy atom. The number of carbonyl (C=O) groups excluding carboxylic acids is 2. The normalized spacial score (nSPS) is 14.2. The molecule has 1 aliphatic rings. The second-order valence-electron chi connectivity index (χ2n) is 4.86. The maximum absolute atomic E-state index is 12.4. The van der Waals surface area contributed by atoms with E-state index in [9.17, 15) is 9.59 Å². The van der Waals surface area contributed by atoms with E-state index in [1.165, 1.54) is 6.08 Å².